The van der Waals surface area contributed by atoms with Crippen molar-refractivity contribution in [1.29, 1.82) is 0 Å². The summed E-state index contributed by atoms with van der Waals surface area (Å²) in [6, 6.07) is 6.53. The summed E-state index contributed by atoms with van der Waals surface area (Å²) in [6.45, 7) is 0.272. The van der Waals surface area contributed by atoms with Crippen LogP contribution in [0.15, 0.2) is 34.9 Å². The number of benzene rings is 1. The van der Waals surface area contributed by atoms with Crippen molar-refractivity contribution in [2.45, 2.75) is 6.54 Å². The van der Waals surface area contributed by atoms with Crippen LogP contribution in [0.4, 0.5) is 11.5 Å². The topological polar surface area (TPSA) is 87.0 Å². The summed E-state index contributed by atoms with van der Waals surface area (Å²) in [4.78, 5) is 10.4. The van der Waals surface area contributed by atoms with Gasteiger partial charge >= 0.3 is 0 Å². The molecular formula is C10H9BrN4O2. The number of nitrogens with zero attached hydrogens (tertiary/aromatic N) is 3. The van der Waals surface area contributed by atoms with Gasteiger partial charge in [-0.3, -0.25) is 10.1 Å². The fourth-order valence-electron chi connectivity index (χ4n) is 1.48. The molecule has 1 aromatic heterocycles. The first-order valence-electron chi connectivity index (χ1n) is 4.78. The van der Waals surface area contributed by atoms with Crippen molar-refractivity contribution in [3.8, 4) is 0 Å². The predicted molar refractivity (Wildman–Crippen MR) is 66.5 cm³/mol. The van der Waals surface area contributed by atoms with Crippen LogP contribution < -0.4 is 5.73 Å². The number of nitro groups is 1. The average Bonchev–Trinajstić information content (AvgIpc) is 2.61. The molecule has 88 valence electrons. The molecule has 2 rings (SSSR count). The normalized spacial score (nSPS) is 10.4. The largest absolute Gasteiger partial charge is 0.383 e. The molecule has 0 aliphatic heterocycles. The Morgan fingerprint density at radius 3 is 2.76 bits per heavy atom. The molecule has 0 radical (unpaired) electrons. The number of nitro benzene ring substituents is 1. The van der Waals surface area contributed by atoms with Crippen LogP contribution in [-0.2, 0) is 6.54 Å². The van der Waals surface area contributed by atoms with Gasteiger partial charge in [0, 0.05) is 6.07 Å². The second kappa shape index (κ2) is 4.54. The summed E-state index contributed by atoms with van der Waals surface area (Å²) in [5, 5.41) is 14.9. The second-order valence-corrected chi connectivity index (χ2v) is 4.28. The number of nitrogens with two attached hydrogens (primary N) is 1. The van der Waals surface area contributed by atoms with Crippen LogP contribution in [0, 0.1) is 10.1 Å². The molecule has 0 saturated carbocycles. The number of hydrogen-bond donors (Lipinski definition) is 1. The van der Waals surface area contributed by atoms with Crippen molar-refractivity contribution in [2.75, 3.05) is 5.73 Å². The Hall–Kier alpha value is -1.89. The van der Waals surface area contributed by atoms with Crippen LogP contribution in [-0.4, -0.2) is 14.7 Å². The lowest BCUT2D eigenvalue weighted by Gasteiger charge is -2.05. The molecule has 1 heterocycles. The van der Waals surface area contributed by atoms with Crippen molar-refractivity contribution >= 4 is 27.4 Å². The fraction of sp³-hybridized carbons (Fsp3) is 0.100. The standard InChI is InChI=1S/C10H9BrN4O2/c11-8-5-13-14(10(8)12)6-7-3-1-2-4-9(7)15(16)17/h1-5H,6,12H2. The van der Waals surface area contributed by atoms with E-state index in [9.17, 15) is 10.1 Å². The number of halogens is 1. The maximum Gasteiger partial charge on any atom is 0.274 e. The van der Waals surface area contributed by atoms with E-state index in [1.165, 1.54) is 10.7 Å². The van der Waals surface area contributed by atoms with E-state index in [1.54, 1.807) is 24.4 Å². The zero-order chi connectivity index (χ0) is 12.4. The number of anilines is 1. The van der Waals surface area contributed by atoms with Gasteiger partial charge in [-0.1, -0.05) is 18.2 Å². The molecule has 0 aliphatic carbocycles. The first-order chi connectivity index (χ1) is 8.09. The molecule has 0 saturated heterocycles. The van der Waals surface area contributed by atoms with E-state index >= 15 is 0 Å². The molecule has 2 aromatic rings. The molecule has 0 unspecified atom stereocenters. The summed E-state index contributed by atoms with van der Waals surface area (Å²) in [5.74, 6) is 0.447. The molecule has 0 spiro atoms. The molecule has 0 atom stereocenters. The highest BCUT2D eigenvalue weighted by Gasteiger charge is 2.14. The molecule has 7 heteroatoms. The summed E-state index contributed by atoms with van der Waals surface area (Å²) < 4.78 is 2.18. The minimum Gasteiger partial charge on any atom is -0.383 e. The van der Waals surface area contributed by atoms with E-state index in [2.05, 4.69) is 21.0 Å². The molecule has 0 bridgehead atoms. The Bertz CT molecular complexity index is 567. The lowest BCUT2D eigenvalue weighted by molar-refractivity contribution is -0.385. The highest BCUT2D eigenvalue weighted by Crippen LogP contribution is 2.22. The van der Waals surface area contributed by atoms with Crippen molar-refractivity contribution in [3.05, 3.63) is 50.6 Å². The van der Waals surface area contributed by atoms with Crippen molar-refractivity contribution in [3.63, 3.8) is 0 Å². The Labute approximate surface area is 105 Å². The van der Waals surface area contributed by atoms with Crippen molar-refractivity contribution in [2.24, 2.45) is 0 Å². The van der Waals surface area contributed by atoms with Crippen LogP contribution in [0.1, 0.15) is 5.56 Å². The van der Waals surface area contributed by atoms with Crippen LogP contribution in [0.5, 0.6) is 0 Å². The minimum absolute atomic E-state index is 0.0681. The molecule has 6 nitrogen and oxygen atoms in total. The lowest BCUT2D eigenvalue weighted by Crippen LogP contribution is -2.07. The second-order valence-electron chi connectivity index (χ2n) is 3.42. The zero-order valence-corrected chi connectivity index (χ0v) is 10.3. The molecule has 1 aromatic carbocycles. The summed E-state index contributed by atoms with van der Waals surface area (Å²) in [6.07, 6.45) is 1.56. The monoisotopic (exact) mass is 296 g/mol. The average molecular weight is 297 g/mol. The number of aromatic nitrogens is 2. The summed E-state index contributed by atoms with van der Waals surface area (Å²) >= 11 is 3.23. The van der Waals surface area contributed by atoms with Gasteiger partial charge in [-0.15, -0.1) is 0 Å². The quantitative estimate of drug-likeness (QED) is 0.695. The molecule has 0 aliphatic rings. The van der Waals surface area contributed by atoms with Gasteiger partial charge in [0.1, 0.15) is 5.82 Å². The Kier molecular flexibility index (Phi) is 3.10. The van der Waals surface area contributed by atoms with Gasteiger partial charge in [-0.05, 0) is 15.9 Å². The predicted octanol–water partition coefficient (Wildman–Crippen LogP) is 2.18. The van der Waals surface area contributed by atoms with Gasteiger partial charge in [-0.25, -0.2) is 4.68 Å². The minimum atomic E-state index is -0.413. The van der Waals surface area contributed by atoms with Gasteiger partial charge in [-0.2, -0.15) is 5.10 Å². The Morgan fingerprint density at radius 1 is 1.47 bits per heavy atom. The van der Waals surface area contributed by atoms with Crippen LogP contribution in [0.2, 0.25) is 0 Å². The van der Waals surface area contributed by atoms with Gasteiger partial charge in [0.2, 0.25) is 0 Å². The van der Waals surface area contributed by atoms with E-state index in [0.717, 1.165) is 0 Å². The number of nitrogen functional groups attached to an aromatic ring is 1. The number of hydrogen-bond acceptors (Lipinski definition) is 4. The first kappa shape index (κ1) is 11.6. The van der Waals surface area contributed by atoms with Gasteiger partial charge in [0.05, 0.1) is 27.7 Å². The van der Waals surface area contributed by atoms with Crippen LogP contribution in [0.25, 0.3) is 0 Å². The molecule has 2 N–H and O–H groups in total. The Morgan fingerprint density at radius 2 is 2.18 bits per heavy atom. The zero-order valence-electron chi connectivity index (χ0n) is 8.71. The third-order valence-electron chi connectivity index (χ3n) is 2.34. The SMILES string of the molecule is Nc1c(Br)cnn1Cc1ccccc1[N+](=O)[O-]. The maximum absolute atomic E-state index is 10.8. The van der Waals surface area contributed by atoms with E-state index in [4.69, 9.17) is 5.73 Å². The molecule has 17 heavy (non-hydrogen) atoms. The maximum atomic E-state index is 10.8. The Balaban J connectivity index is 2.36. The molecule has 0 amide bonds. The number of para-hydroxylation sites is 1. The van der Waals surface area contributed by atoms with Gasteiger partial charge in [0.15, 0.2) is 0 Å². The fourth-order valence-corrected chi connectivity index (χ4v) is 1.78. The third-order valence-corrected chi connectivity index (χ3v) is 2.95. The lowest BCUT2D eigenvalue weighted by atomic mass is 10.2. The van der Waals surface area contributed by atoms with Gasteiger partial charge < -0.3 is 5.73 Å². The third kappa shape index (κ3) is 2.28. The van der Waals surface area contributed by atoms with E-state index in [0.29, 0.717) is 15.9 Å². The van der Waals surface area contributed by atoms with Crippen molar-refractivity contribution in [1.82, 2.24) is 9.78 Å². The van der Waals surface area contributed by atoms with Crippen LogP contribution >= 0.6 is 15.9 Å². The smallest absolute Gasteiger partial charge is 0.274 e. The van der Waals surface area contributed by atoms with Crippen molar-refractivity contribution < 1.29 is 4.92 Å². The van der Waals surface area contributed by atoms with E-state index in [1.807, 2.05) is 0 Å². The molecular weight excluding hydrogens is 288 g/mol. The summed E-state index contributed by atoms with van der Waals surface area (Å²) in [7, 11) is 0. The van der Waals surface area contributed by atoms with E-state index in [-0.39, 0.29) is 12.2 Å². The summed E-state index contributed by atoms with van der Waals surface area (Å²) in [5.41, 5.74) is 6.40. The molecule has 0 fully saturated rings. The van der Waals surface area contributed by atoms with E-state index < -0.39 is 4.92 Å². The van der Waals surface area contributed by atoms with Crippen LogP contribution in [0.3, 0.4) is 0 Å². The highest BCUT2D eigenvalue weighted by atomic mass is 79.9. The number of rotatable bonds is 3. The van der Waals surface area contributed by atoms with Gasteiger partial charge in [0.25, 0.3) is 5.69 Å². The first-order valence-corrected chi connectivity index (χ1v) is 5.58. The highest BCUT2D eigenvalue weighted by molar-refractivity contribution is 9.10.